The number of hydrogen-bond donors (Lipinski definition) is 1. The highest BCUT2D eigenvalue weighted by Gasteiger charge is 2.48. The van der Waals surface area contributed by atoms with E-state index in [1.807, 2.05) is 45.0 Å². The van der Waals surface area contributed by atoms with Crippen LogP contribution in [-0.2, 0) is 9.59 Å². The summed E-state index contributed by atoms with van der Waals surface area (Å²) < 4.78 is 0. The van der Waals surface area contributed by atoms with E-state index in [-0.39, 0.29) is 23.8 Å². The van der Waals surface area contributed by atoms with Gasteiger partial charge in [-0.1, -0.05) is 32.0 Å². The van der Waals surface area contributed by atoms with Crippen molar-refractivity contribution in [2.24, 2.45) is 11.8 Å². The first-order chi connectivity index (χ1) is 10.0. The van der Waals surface area contributed by atoms with Crippen molar-refractivity contribution in [3.05, 3.63) is 29.8 Å². The molecule has 1 aliphatic heterocycles. The van der Waals surface area contributed by atoms with Crippen molar-refractivity contribution in [3.8, 4) is 0 Å². The van der Waals surface area contributed by atoms with Crippen molar-refractivity contribution >= 4 is 17.5 Å². The van der Waals surface area contributed by atoms with Crippen LogP contribution in [0, 0.1) is 18.8 Å². The van der Waals surface area contributed by atoms with Gasteiger partial charge in [0.05, 0.1) is 0 Å². The van der Waals surface area contributed by atoms with Crippen LogP contribution in [0.25, 0.3) is 0 Å². The molecule has 0 spiro atoms. The molecule has 4 heteroatoms. The van der Waals surface area contributed by atoms with E-state index in [9.17, 15) is 9.59 Å². The number of rotatable bonds is 3. The fourth-order valence-electron chi connectivity index (χ4n) is 3.16. The summed E-state index contributed by atoms with van der Waals surface area (Å²) in [6.45, 7) is 5.96. The SMILES string of the molecule is Cc1ccccc1N1C(=O)C(C2CC2)NC(=O)C1C(C)C. The Labute approximate surface area is 125 Å². The van der Waals surface area contributed by atoms with Gasteiger partial charge in [-0.05, 0) is 43.2 Å². The molecule has 1 aromatic carbocycles. The third-order valence-corrected chi connectivity index (χ3v) is 4.45. The van der Waals surface area contributed by atoms with Gasteiger partial charge >= 0.3 is 0 Å². The van der Waals surface area contributed by atoms with Gasteiger partial charge in [-0.3, -0.25) is 14.5 Å². The number of nitrogens with one attached hydrogen (secondary N) is 1. The maximum absolute atomic E-state index is 12.9. The molecule has 3 rings (SSSR count). The summed E-state index contributed by atoms with van der Waals surface area (Å²) in [6.07, 6.45) is 2.06. The number of anilines is 1. The zero-order chi connectivity index (χ0) is 15.1. The van der Waals surface area contributed by atoms with Crippen LogP contribution in [0.15, 0.2) is 24.3 Å². The van der Waals surface area contributed by atoms with E-state index in [0.29, 0.717) is 5.92 Å². The largest absolute Gasteiger partial charge is 0.342 e. The second-order valence-electron chi connectivity index (χ2n) is 6.51. The highest BCUT2D eigenvalue weighted by Crippen LogP contribution is 2.37. The van der Waals surface area contributed by atoms with Gasteiger partial charge in [-0.2, -0.15) is 0 Å². The smallest absolute Gasteiger partial charge is 0.250 e. The number of hydrogen-bond acceptors (Lipinski definition) is 2. The lowest BCUT2D eigenvalue weighted by molar-refractivity contribution is -0.135. The summed E-state index contributed by atoms with van der Waals surface area (Å²) in [5.74, 6) is 0.421. The molecule has 1 heterocycles. The Morgan fingerprint density at radius 1 is 1.19 bits per heavy atom. The first-order valence-electron chi connectivity index (χ1n) is 7.69. The van der Waals surface area contributed by atoms with Crippen molar-refractivity contribution in [2.75, 3.05) is 4.90 Å². The summed E-state index contributed by atoms with van der Waals surface area (Å²) >= 11 is 0. The van der Waals surface area contributed by atoms with E-state index in [0.717, 1.165) is 24.1 Å². The van der Waals surface area contributed by atoms with E-state index in [1.54, 1.807) is 4.90 Å². The van der Waals surface area contributed by atoms with Crippen LogP contribution < -0.4 is 10.2 Å². The third kappa shape index (κ3) is 2.43. The zero-order valence-corrected chi connectivity index (χ0v) is 12.8. The lowest BCUT2D eigenvalue weighted by atomic mass is 9.94. The molecule has 0 radical (unpaired) electrons. The minimum atomic E-state index is -0.423. The maximum Gasteiger partial charge on any atom is 0.250 e. The Morgan fingerprint density at radius 3 is 2.43 bits per heavy atom. The molecule has 2 aliphatic rings. The first-order valence-corrected chi connectivity index (χ1v) is 7.69. The third-order valence-electron chi connectivity index (χ3n) is 4.45. The summed E-state index contributed by atoms with van der Waals surface area (Å²) in [6, 6.07) is 7.03. The average Bonchev–Trinajstić information content (AvgIpc) is 3.25. The molecule has 1 saturated carbocycles. The van der Waals surface area contributed by atoms with Gasteiger partial charge in [0, 0.05) is 5.69 Å². The second-order valence-corrected chi connectivity index (χ2v) is 6.51. The van der Waals surface area contributed by atoms with Gasteiger partial charge in [0.25, 0.3) is 5.91 Å². The van der Waals surface area contributed by atoms with Gasteiger partial charge < -0.3 is 5.32 Å². The molecule has 1 aromatic rings. The molecule has 112 valence electrons. The number of para-hydroxylation sites is 1. The molecule has 2 atom stereocenters. The number of carbonyl (C=O) groups is 2. The highest BCUT2D eigenvalue weighted by atomic mass is 16.2. The van der Waals surface area contributed by atoms with Crippen LogP contribution in [0.5, 0.6) is 0 Å². The lowest BCUT2D eigenvalue weighted by Gasteiger charge is -2.41. The number of aryl methyl sites for hydroxylation is 1. The molecular weight excluding hydrogens is 264 g/mol. The monoisotopic (exact) mass is 286 g/mol. The fourth-order valence-corrected chi connectivity index (χ4v) is 3.16. The Balaban J connectivity index is 2.03. The Kier molecular flexibility index (Phi) is 3.47. The van der Waals surface area contributed by atoms with E-state index >= 15 is 0 Å². The average molecular weight is 286 g/mol. The van der Waals surface area contributed by atoms with Crippen molar-refractivity contribution < 1.29 is 9.59 Å². The number of amides is 2. The van der Waals surface area contributed by atoms with Crippen LogP contribution >= 0.6 is 0 Å². The first kappa shape index (κ1) is 14.1. The van der Waals surface area contributed by atoms with Crippen molar-refractivity contribution in [1.29, 1.82) is 0 Å². The standard InChI is InChI=1S/C17H22N2O2/c1-10(2)15-16(20)18-14(12-8-9-12)17(21)19(15)13-7-5-4-6-11(13)3/h4-7,10,12,14-15H,8-9H2,1-3H3,(H,18,20). The molecule has 2 amide bonds. The summed E-state index contributed by atoms with van der Waals surface area (Å²) in [4.78, 5) is 27.2. The summed E-state index contributed by atoms with van der Waals surface area (Å²) in [5.41, 5.74) is 1.89. The van der Waals surface area contributed by atoms with Crippen molar-refractivity contribution in [1.82, 2.24) is 5.32 Å². The number of nitrogens with zero attached hydrogens (tertiary/aromatic N) is 1. The summed E-state index contributed by atoms with van der Waals surface area (Å²) in [7, 11) is 0. The Morgan fingerprint density at radius 2 is 1.86 bits per heavy atom. The van der Waals surface area contributed by atoms with Gasteiger partial charge in [-0.25, -0.2) is 0 Å². The molecule has 21 heavy (non-hydrogen) atoms. The van der Waals surface area contributed by atoms with Crippen LogP contribution in [0.2, 0.25) is 0 Å². The van der Waals surface area contributed by atoms with E-state index in [1.165, 1.54) is 0 Å². The van der Waals surface area contributed by atoms with Crippen LogP contribution in [0.3, 0.4) is 0 Å². The molecule has 4 nitrogen and oxygen atoms in total. The lowest BCUT2D eigenvalue weighted by Crippen LogP contribution is -2.66. The Hall–Kier alpha value is -1.84. The molecule has 1 N–H and O–H groups in total. The second kappa shape index (κ2) is 5.17. The number of piperazine rings is 1. The number of carbonyl (C=O) groups excluding carboxylic acids is 2. The quantitative estimate of drug-likeness (QED) is 0.926. The van der Waals surface area contributed by atoms with Gasteiger partial charge in [-0.15, -0.1) is 0 Å². The van der Waals surface area contributed by atoms with E-state index in [2.05, 4.69) is 5.32 Å². The van der Waals surface area contributed by atoms with Crippen molar-refractivity contribution in [3.63, 3.8) is 0 Å². The van der Waals surface area contributed by atoms with Crippen LogP contribution in [-0.4, -0.2) is 23.9 Å². The van der Waals surface area contributed by atoms with Crippen molar-refractivity contribution in [2.45, 2.75) is 45.7 Å². The topological polar surface area (TPSA) is 49.4 Å². The molecule has 0 aromatic heterocycles. The van der Waals surface area contributed by atoms with Gasteiger partial charge in [0.1, 0.15) is 12.1 Å². The minimum absolute atomic E-state index is 0.0234. The highest BCUT2D eigenvalue weighted by molar-refractivity contribution is 6.09. The van der Waals surface area contributed by atoms with Crippen LogP contribution in [0.4, 0.5) is 5.69 Å². The molecule has 1 saturated heterocycles. The zero-order valence-electron chi connectivity index (χ0n) is 12.8. The van der Waals surface area contributed by atoms with E-state index < -0.39 is 6.04 Å². The van der Waals surface area contributed by atoms with E-state index in [4.69, 9.17) is 0 Å². The molecule has 2 unspecified atom stereocenters. The van der Waals surface area contributed by atoms with Gasteiger partial charge in [0.2, 0.25) is 5.91 Å². The fraction of sp³-hybridized carbons (Fsp3) is 0.529. The summed E-state index contributed by atoms with van der Waals surface area (Å²) in [5, 5.41) is 2.95. The van der Waals surface area contributed by atoms with Gasteiger partial charge in [0.15, 0.2) is 0 Å². The molecular formula is C17H22N2O2. The predicted molar refractivity (Wildman–Crippen MR) is 81.9 cm³/mol. The molecule has 2 fully saturated rings. The maximum atomic E-state index is 12.9. The molecule has 1 aliphatic carbocycles. The molecule has 0 bridgehead atoms. The predicted octanol–water partition coefficient (Wildman–Crippen LogP) is 2.26. The normalized spacial score (nSPS) is 26.2. The Bertz CT molecular complexity index is 578. The minimum Gasteiger partial charge on any atom is -0.342 e. The number of benzene rings is 1. The van der Waals surface area contributed by atoms with Crippen LogP contribution in [0.1, 0.15) is 32.3 Å².